The summed E-state index contributed by atoms with van der Waals surface area (Å²) in [6, 6.07) is 6.82. The SMILES string of the molecule is CN=C(NCCc1ccccc1F)NCc1cn2ccsc2n1.I. The second-order valence-electron chi connectivity index (χ2n) is 5.02. The first-order valence-corrected chi connectivity index (χ1v) is 8.23. The van der Waals surface area contributed by atoms with E-state index in [9.17, 15) is 4.39 Å². The van der Waals surface area contributed by atoms with Gasteiger partial charge in [0.05, 0.1) is 12.2 Å². The Morgan fingerprint density at radius 2 is 2.17 bits per heavy atom. The smallest absolute Gasteiger partial charge is 0.193 e. The summed E-state index contributed by atoms with van der Waals surface area (Å²) in [5, 5.41) is 8.40. The molecule has 24 heavy (non-hydrogen) atoms. The first-order chi connectivity index (χ1) is 11.3. The summed E-state index contributed by atoms with van der Waals surface area (Å²) < 4.78 is 15.5. The third kappa shape index (κ3) is 4.67. The van der Waals surface area contributed by atoms with Gasteiger partial charge in [-0.15, -0.1) is 35.3 Å². The van der Waals surface area contributed by atoms with Gasteiger partial charge in [-0.05, 0) is 18.1 Å². The van der Waals surface area contributed by atoms with E-state index in [2.05, 4.69) is 20.6 Å². The van der Waals surface area contributed by atoms with Gasteiger partial charge >= 0.3 is 0 Å². The van der Waals surface area contributed by atoms with Crippen molar-refractivity contribution in [2.45, 2.75) is 13.0 Å². The quantitative estimate of drug-likeness (QED) is 0.351. The Labute approximate surface area is 161 Å². The van der Waals surface area contributed by atoms with Crippen LogP contribution in [-0.4, -0.2) is 28.9 Å². The van der Waals surface area contributed by atoms with Gasteiger partial charge in [0.1, 0.15) is 5.82 Å². The number of hydrogen-bond acceptors (Lipinski definition) is 3. The van der Waals surface area contributed by atoms with Crippen LogP contribution in [0.3, 0.4) is 0 Å². The molecule has 0 bridgehead atoms. The summed E-state index contributed by atoms with van der Waals surface area (Å²) in [5.41, 5.74) is 1.65. The lowest BCUT2D eigenvalue weighted by molar-refractivity contribution is 0.606. The normalized spacial score (nSPS) is 11.3. The van der Waals surface area contributed by atoms with Gasteiger partial charge in [0.15, 0.2) is 10.9 Å². The molecule has 2 heterocycles. The maximum atomic E-state index is 13.6. The Bertz CT molecular complexity index is 785. The van der Waals surface area contributed by atoms with Gasteiger partial charge in [0.25, 0.3) is 0 Å². The summed E-state index contributed by atoms with van der Waals surface area (Å²) in [6.45, 7) is 1.20. The zero-order valence-corrected chi connectivity index (χ0v) is 16.3. The van der Waals surface area contributed by atoms with Crippen LogP contribution in [0.15, 0.2) is 47.0 Å². The molecule has 128 valence electrons. The van der Waals surface area contributed by atoms with E-state index >= 15 is 0 Å². The van der Waals surface area contributed by atoms with Crippen LogP contribution in [0.4, 0.5) is 4.39 Å². The van der Waals surface area contributed by atoms with E-state index in [-0.39, 0.29) is 29.8 Å². The van der Waals surface area contributed by atoms with Crippen molar-refractivity contribution in [1.29, 1.82) is 0 Å². The number of hydrogen-bond donors (Lipinski definition) is 2. The summed E-state index contributed by atoms with van der Waals surface area (Å²) >= 11 is 1.60. The first kappa shape index (κ1) is 18.7. The fraction of sp³-hybridized carbons (Fsp3) is 0.250. The fourth-order valence-electron chi connectivity index (χ4n) is 2.27. The monoisotopic (exact) mass is 459 g/mol. The molecular formula is C16H19FIN5S. The van der Waals surface area contributed by atoms with Gasteiger partial charge < -0.3 is 10.6 Å². The highest BCUT2D eigenvalue weighted by Crippen LogP contribution is 2.11. The van der Waals surface area contributed by atoms with Crippen LogP contribution in [-0.2, 0) is 13.0 Å². The van der Waals surface area contributed by atoms with E-state index in [1.54, 1.807) is 30.5 Å². The molecule has 2 aromatic heterocycles. The first-order valence-electron chi connectivity index (χ1n) is 7.35. The Morgan fingerprint density at radius 3 is 2.92 bits per heavy atom. The molecule has 2 N–H and O–H groups in total. The second-order valence-corrected chi connectivity index (χ2v) is 5.89. The van der Waals surface area contributed by atoms with Gasteiger partial charge in [-0.25, -0.2) is 9.37 Å². The van der Waals surface area contributed by atoms with E-state index in [0.717, 1.165) is 10.7 Å². The fourth-order valence-corrected chi connectivity index (χ4v) is 2.99. The number of halogens is 2. The van der Waals surface area contributed by atoms with Crippen molar-refractivity contribution >= 4 is 46.2 Å². The topological polar surface area (TPSA) is 53.7 Å². The molecule has 0 aliphatic rings. The van der Waals surface area contributed by atoms with Gasteiger partial charge in [0, 0.05) is 31.4 Å². The summed E-state index contributed by atoms with van der Waals surface area (Å²) in [6.07, 6.45) is 4.58. The minimum Gasteiger partial charge on any atom is -0.356 e. The maximum absolute atomic E-state index is 13.6. The van der Waals surface area contributed by atoms with Crippen molar-refractivity contribution in [1.82, 2.24) is 20.0 Å². The number of thiazole rings is 1. The van der Waals surface area contributed by atoms with E-state index in [4.69, 9.17) is 0 Å². The predicted octanol–water partition coefficient (Wildman–Crippen LogP) is 3.06. The lowest BCUT2D eigenvalue weighted by Crippen LogP contribution is -2.38. The Morgan fingerprint density at radius 1 is 1.33 bits per heavy atom. The van der Waals surface area contributed by atoms with Crippen molar-refractivity contribution in [3.63, 3.8) is 0 Å². The molecule has 0 fully saturated rings. The number of rotatable bonds is 5. The molecule has 0 aliphatic carbocycles. The van der Waals surface area contributed by atoms with Crippen LogP contribution in [0.1, 0.15) is 11.3 Å². The molecule has 0 unspecified atom stereocenters. The molecule has 0 radical (unpaired) electrons. The third-order valence-corrected chi connectivity index (χ3v) is 4.22. The molecule has 0 atom stereocenters. The van der Waals surface area contributed by atoms with Crippen molar-refractivity contribution in [3.05, 3.63) is 59.1 Å². The number of imidazole rings is 1. The van der Waals surface area contributed by atoms with Gasteiger partial charge in [0.2, 0.25) is 0 Å². The largest absolute Gasteiger partial charge is 0.356 e. The van der Waals surface area contributed by atoms with Crippen LogP contribution in [0, 0.1) is 5.82 Å². The van der Waals surface area contributed by atoms with Crippen LogP contribution in [0.2, 0.25) is 0 Å². The van der Waals surface area contributed by atoms with Gasteiger partial charge in [-0.1, -0.05) is 18.2 Å². The number of nitrogens with one attached hydrogen (secondary N) is 2. The van der Waals surface area contributed by atoms with Crippen LogP contribution >= 0.6 is 35.3 Å². The number of aromatic nitrogens is 2. The average molecular weight is 459 g/mol. The molecule has 1 aromatic carbocycles. The lowest BCUT2D eigenvalue weighted by atomic mass is 10.1. The van der Waals surface area contributed by atoms with Crippen molar-refractivity contribution in [3.8, 4) is 0 Å². The van der Waals surface area contributed by atoms with Crippen LogP contribution in [0.5, 0.6) is 0 Å². The molecule has 3 rings (SSSR count). The number of fused-ring (bicyclic) bond motifs is 1. The summed E-state index contributed by atoms with van der Waals surface area (Å²) in [4.78, 5) is 9.65. The standard InChI is InChI=1S/C16H18FN5S.HI/c1-18-15(19-7-6-12-4-2-3-5-14(12)17)20-10-13-11-22-8-9-23-16(22)21-13;/h2-5,8-9,11H,6-7,10H2,1H3,(H2,18,19,20);1H. The third-order valence-electron chi connectivity index (χ3n) is 3.45. The molecule has 0 saturated carbocycles. The molecule has 0 saturated heterocycles. The highest BCUT2D eigenvalue weighted by molar-refractivity contribution is 14.0. The number of guanidine groups is 1. The Balaban J connectivity index is 0.00000208. The highest BCUT2D eigenvalue weighted by Gasteiger charge is 2.05. The van der Waals surface area contributed by atoms with E-state index in [0.29, 0.717) is 31.0 Å². The molecule has 5 nitrogen and oxygen atoms in total. The van der Waals surface area contributed by atoms with Crippen molar-refractivity contribution in [2.75, 3.05) is 13.6 Å². The van der Waals surface area contributed by atoms with E-state index < -0.39 is 0 Å². The van der Waals surface area contributed by atoms with Crippen LogP contribution < -0.4 is 10.6 Å². The van der Waals surface area contributed by atoms with Gasteiger partial charge in [-0.3, -0.25) is 9.39 Å². The van der Waals surface area contributed by atoms with Crippen molar-refractivity contribution in [2.24, 2.45) is 4.99 Å². The zero-order chi connectivity index (χ0) is 16.1. The van der Waals surface area contributed by atoms with E-state index in [1.807, 2.05) is 28.2 Å². The molecule has 0 spiro atoms. The average Bonchev–Trinajstić information content (AvgIpc) is 3.13. The van der Waals surface area contributed by atoms with Gasteiger partial charge in [-0.2, -0.15) is 0 Å². The second kappa shape index (κ2) is 8.97. The minimum absolute atomic E-state index is 0. The van der Waals surface area contributed by atoms with Crippen LogP contribution in [0.25, 0.3) is 4.96 Å². The number of nitrogens with zero attached hydrogens (tertiary/aromatic N) is 3. The summed E-state index contributed by atoms with van der Waals surface area (Å²) in [7, 11) is 1.71. The summed E-state index contributed by atoms with van der Waals surface area (Å²) in [5.74, 6) is 0.507. The Hall–Kier alpha value is -1.68. The van der Waals surface area contributed by atoms with E-state index in [1.165, 1.54) is 6.07 Å². The zero-order valence-electron chi connectivity index (χ0n) is 13.2. The molecular weight excluding hydrogens is 440 g/mol. The minimum atomic E-state index is -0.171. The van der Waals surface area contributed by atoms with Crippen molar-refractivity contribution < 1.29 is 4.39 Å². The number of benzene rings is 1. The predicted molar refractivity (Wildman–Crippen MR) is 107 cm³/mol. The molecule has 3 aromatic rings. The molecule has 8 heteroatoms. The number of aliphatic imine (C=N–C) groups is 1. The lowest BCUT2D eigenvalue weighted by Gasteiger charge is -2.11. The Kier molecular flexibility index (Phi) is 6.98. The molecule has 0 aliphatic heterocycles. The molecule has 0 amide bonds. The maximum Gasteiger partial charge on any atom is 0.193 e. The highest BCUT2D eigenvalue weighted by atomic mass is 127.